The molecule has 1 fully saturated rings. The van der Waals surface area contributed by atoms with Gasteiger partial charge in [0.2, 0.25) is 0 Å². The van der Waals surface area contributed by atoms with Gasteiger partial charge in [0.15, 0.2) is 0 Å². The molecule has 0 saturated carbocycles. The molecule has 1 aliphatic rings. The van der Waals surface area contributed by atoms with Crippen LogP contribution in [0.25, 0.3) is 0 Å². The molecule has 1 aliphatic heterocycles. The Hall–Kier alpha value is -1.91. The Kier molecular flexibility index (Phi) is 2.83. The van der Waals surface area contributed by atoms with Crippen LogP contribution in [0.3, 0.4) is 0 Å². The largest absolute Gasteiger partial charge is 0.323 e. The van der Waals surface area contributed by atoms with Gasteiger partial charge in [-0.3, -0.25) is 10.7 Å². The number of carbonyl (C=O) groups excluding carboxylic acids is 1. The number of rotatable bonds is 2. The van der Waals surface area contributed by atoms with Crippen molar-refractivity contribution in [1.29, 1.82) is 5.41 Å². The van der Waals surface area contributed by atoms with Crippen molar-refractivity contribution in [2.45, 2.75) is 25.9 Å². The van der Waals surface area contributed by atoms with E-state index in [0.717, 1.165) is 5.56 Å². The first-order valence-corrected chi connectivity index (χ1v) is 5.44. The van der Waals surface area contributed by atoms with Crippen LogP contribution in [0.1, 0.15) is 25.5 Å². The lowest BCUT2D eigenvalue weighted by Crippen LogP contribution is -2.35. The van der Waals surface area contributed by atoms with E-state index < -0.39 is 6.04 Å². The summed E-state index contributed by atoms with van der Waals surface area (Å²) in [4.78, 5) is 13.3. The smallest absolute Gasteiger partial charge is 0.308 e. The average Bonchev–Trinajstić information content (AvgIpc) is 2.55. The topological polar surface area (TPSA) is 56.2 Å². The zero-order chi connectivity index (χ0) is 12.6. The number of urea groups is 1. The van der Waals surface area contributed by atoms with Crippen LogP contribution >= 0.6 is 0 Å². The predicted octanol–water partition coefficient (Wildman–Crippen LogP) is 2.28. The van der Waals surface area contributed by atoms with E-state index >= 15 is 0 Å². The Morgan fingerprint density at radius 3 is 2.47 bits per heavy atom. The minimum atomic E-state index is -0.442. The summed E-state index contributed by atoms with van der Waals surface area (Å²) >= 11 is 0. The molecule has 2 rings (SSSR count). The zero-order valence-corrected chi connectivity index (χ0v) is 9.70. The number of halogens is 1. The molecule has 0 bridgehead atoms. The quantitative estimate of drug-likeness (QED) is 0.811. The summed E-state index contributed by atoms with van der Waals surface area (Å²) in [6.07, 6.45) is 0. The number of nitrogens with zero attached hydrogens (tertiary/aromatic N) is 1. The summed E-state index contributed by atoms with van der Waals surface area (Å²) in [6, 6.07) is 5.14. The summed E-state index contributed by atoms with van der Waals surface area (Å²) in [6.45, 7) is 3.77. The van der Waals surface area contributed by atoms with Crippen LogP contribution in [0.15, 0.2) is 24.3 Å². The van der Waals surface area contributed by atoms with Crippen LogP contribution in [0, 0.1) is 11.2 Å². The first kappa shape index (κ1) is 11.6. The third-order valence-electron chi connectivity index (χ3n) is 2.77. The van der Waals surface area contributed by atoms with Crippen molar-refractivity contribution in [1.82, 2.24) is 10.2 Å². The number of nitrogens with one attached hydrogen (secondary N) is 2. The van der Waals surface area contributed by atoms with Crippen LogP contribution in [-0.4, -0.2) is 22.8 Å². The Morgan fingerprint density at radius 2 is 1.94 bits per heavy atom. The van der Waals surface area contributed by atoms with Gasteiger partial charge in [-0.2, -0.15) is 0 Å². The van der Waals surface area contributed by atoms with Crippen LogP contribution in [-0.2, 0) is 0 Å². The predicted molar refractivity (Wildman–Crippen MR) is 62.4 cm³/mol. The number of hydrogen-bond donors (Lipinski definition) is 2. The van der Waals surface area contributed by atoms with Gasteiger partial charge in [0.25, 0.3) is 0 Å². The fraction of sp³-hybridized carbons (Fsp3) is 0.333. The van der Waals surface area contributed by atoms with Crippen LogP contribution in [0.2, 0.25) is 0 Å². The van der Waals surface area contributed by atoms with Crippen molar-refractivity contribution in [3.05, 3.63) is 35.6 Å². The van der Waals surface area contributed by atoms with E-state index in [1.807, 2.05) is 13.8 Å². The molecule has 90 valence electrons. The standard InChI is InChI=1S/C12H14FN3O/c1-7(2)16-10(11(14)15-12(16)17)8-3-5-9(13)6-4-8/h3-7,10H,1-2H3,(H2,14,15,17). The zero-order valence-electron chi connectivity index (χ0n) is 9.70. The second-order valence-electron chi connectivity index (χ2n) is 4.30. The monoisotopic (exact) mass is 235 g/mol. The molecule has 2 N–H and O–H groups in total. The number of amidine groups is 1. The van der Waals surface area contributed by atoms with Crippen molar-refractivity contribution >= 4 is 11.9 Å². The highest BCUT2D eigenvalue weighted by Crippen LogP contribution is 2.27. The minimum Gasteiger partial charge on any atom is -0.308 e. The minimum absolute atomic E-state index is 0.0205. The first-order valence-electron chi connectivity index (χ1n) is 5.44. The van der Waals surface area contributed by atoms with Crippen LogP contribution in [0.4, 0.5) is 9.18 Å². The molecule has 0 spiro atoms. The number of hydrogen-bond acceptors (Lipinski definition) is 2. The maximum atomic E-state index is 12.9. The molecule has 1 aromatic carbocycles. The normalized spacial score (nSPS) is 20.0. The van der Waals surface area contributed by atoms with Gasteiger partial charge in [0.05, 0.1) is 0 Å². The summed E-state index contributed by atoms with van der Waals surface area (Å²) in [7, 11) is 0. The lowest BCUT2D eigenvalue weighted by molar-refractivity contribution is 0.190. The Morgan fingerprint density at radius 1 is 1.35 bits per heavy atom. The van der Waals surface area contributed by atoms with E-state index in [1.54, 1.807) is 17.0 Å². The average molecular weight is 235 g/mol. The van der Waals surface area contributed by atoms with Gasteiger partial charge in [-0.25, -0.2) is 9.18 Å². The molecule has 0 radical (unpaired) electrons. The fourth-order valence-electron chi connectivity index (χ4n) is 2.01. The lowest BCUT2D eigenvalue weighted by Gasteiger charge is -2.26. The molecule has 2 amide bonds. The maximum Gasteiger partial charge on any atom is 0.323 e. The van der Waals surface area contributed by atoms with Crippen molar-refractivity contribution < 1.29 is 9.18 Å². The SMILES string of the molecule is CC(C)N1C(=O)NC(=N)C1c1ccc(F)cc1. The molecule has 1 atom stereocenters. The molecule has 1 saturated heterocycles. The number of amides is 2. The second kappa shape index (κ2) is 4.16. The Labute approximate surface area is 98.9 Å². The molecule has 1 heterocycles. The van der Waals surface area contributed by atoms with Gasteiger partial charge in [-0.15, -0.1) is 0 Å². The van der Waals surface area contributed by atoms with Gasteiger partial charge in [-0.1, -0.05) is 12.1 Å². The van der Waals surface area contributed by atoms with Crippen molar-refractivity contribution in [3.63, 3.8) is 0 Å². The lowest BCUT2D eigenvalue weighted by atomic mass is 10.0. The van der Waals surface area contributed by atoms with E-state index in [2.05, 4.69) is 5.32 Å². The van der Waals surface area contributed by atoms with Crippen LogP contribution in [0.5, 0.6) is 0 Å². The molecule has 1 unspecified atom stereocenters. The molecule has 1 aromatic rings. The van der Waals surface area contributed by atoms with E-state index in [-0.39, 0.29) is 23.7 Å². The number of carbonyl (C=O) groups is 1. The van der Waals surface area contributed by atoms with E-state index in [0.29, 0.717) is 0 Å². The molecular formula is C12H14FN3O. The Bertz CT molecular complexity index is 455. The molecule has 17 heavy (non-hydrogen) atoms. The second-order valence-corrected chi connectivity index (χ2v) is 4.30. The first-order chi connectivity index (χ1) is 8.00. The van der Waals surface area contributed by atoms with Crippen molar-refractivity contribution in [2.24, 2.45) is 0 Å². The van der Waals surface area contributed by atoms with E-state index in [4.69, 9.17) is 5.41 Å². The summed E-state index contributed by atoms with van der Waals surface area (Å²) in [5.41, 5.74) is 0.739. The van der Waals surface area contributed by atoms with Gasteiger partial charge in [0.1, 0.15) is 17.7 Å². The number of benzene rings is 1. The molecular weight excluding hydrogens is 221 g/mol. The van der Waals surface area contributed by atoms with E-state index in [1.165, 1.54) is 12.1 Å². The van der Waals surface area contributed by atoms with Gasteiger partial charge >= 0.3 is 6.03 Å². The highest BCUT2D eigenvalue weighted by atomic mass is 19.1. The van der Waals surface area contributed by atoms with Crippen molar-refractivity contribution in [3.8, 4) is 0 Å². The molecule has 0 aromatic heterocycles. The van der Waals surface area contributed by atoms with Gasteiger partial charge in [-0.05, 0) is 31.5 Å². The van der Waals surface area contributed by atoms with E-state index in [9.17, 15) is 9.18 Å². The molecule has 5 heteroatoms. The van der Waals surface area contributed by atoms with Crippen molar-refractivity contribution in [2.75, 3.05) is 0 Å². The fourth-order valence-corrected chi connectivity index (χ4v) is 2.01. The molecule has 4 nitrogen and oxygen atoms in total. The van der Waals surface area contributed by atoms with Crippen LogP contribution < -0.4 is 5.32 Å². The summed E-state index contributed by atoms with van der Waals surface area (Å²) < 4.78 is 12.9. The summed E-state index contributed by atoms with van der Waals surface area (Å²) in [5.74, 6) is -0.191. The van der Waals surface area contributed by atoms with Gasteiger partial charge < -0.3 is 4.90 Å². The summed E-state index contributed by atoms with van der Waals surface area (Å²) in [5, 5.41) is 10.3. The maximum absolute atomic E-state index is 12.9. The highest BCUT2D eigenvalue weighted by molar-refractivity contribution is 6.06. The third kappa shape index (κ3) is 2.00. The Balaban J connectivity index is 2.38. The van der Waals surface area contributed by atoms with Gasteiger partial charge in [0, 0.05) is 6.04 Å². The third-order valence-corrected chi connectivity index (χ3v) is 2.77. The molecule has 0 aliphatic carbocycles. The highest BCUT2D eigenvalue weighted by Gasteiger charge is 2.38.